The number of hydrogen-bond acceptors (Lipinski definition) is 3. The summed E-state index contributed by atoms with van der Waals surface area (Å²) >= 11 is 0. The number of carbonyl (C=O) groups excluding carboxylic acids is 2. The van der Waals surface area contributed by atoms with Gasteiger partial charge in [-0.1, -0.05) is 12.1 Å². The second-order valence-corrected chi connectivity index (χ2v) is 4.51. The minimum atomic E-state index is -0.902. The Bertz CT molecular complexity index is 701. The van der Waals surface area contributed by atoms with Crippen molar-refractivity contribution in [1.82, 2.24) is 0 Å². The first-order chi connectivity index (χ1) is 9.95. The lowest BCUT2D eigenvalue weighted by molar-refractivity contribution is -0.132. The van der Waals surface area contributed by atoms with Crippen LogP contribution in [0.3, 0.4) is 0 Å². The van der Waals surface area contributed by atoms with Crippen molar-refractivity contribution in [1.29, 1.82) is 0 Å². The third-order valence-electron chi connectivity index (χ3n) is 2.74. The summed E-state index contributed by atoms with van der Waals surface area (Å²) in [5, 5.41) is 4.70. The number of aryl methyl sites for hydroxylation is 1. The Balaban J connectivity index is 2.04. The molecule has 0 aliphatic carbocycles. The summed E-state index contributed by atoms with van der Waals surface area (Å²) in [5.74, 6) is -2.29. The van der Waals surface area contributed by atoms with E-state index in [-0.39, 0.29) is 5.69 Å². The molecule has 0 atom stereocenters. The molecular formula is C15H14FN3O2. The van der Waals surface area contributed by atoms with Crippen LogP contribution in [0.5, 0.6) is 0 Å². The van der Waals surface area contributed by atoms with E-state index in [0.717, 1.165) is 11.6 Å². The van der Waals surface area contributed by atoms with E-state index in [4.69, 9.17) is 5.73 Å². The average molecular weight is 287 g/mol. The zero-order valence-electron chi connectivity index (χ0n) is 11.3. The van der Waals surface area contributed by atoms with Gasteiger partial charge in [0.15, 0.2) is 0 Å². The summed E-state index contributed by atoms with van der Waals surface area (Å²) in [4.78, 5) is 23.5. The number of benzene rings is 2. The summed E-state index contributed by atoms with van der Waals surface area (Å²) in [6.45, 7) is 1.86. The molecule has 21 heavy (non-hydrogen) atoms. The molecule has 0 spiro atoms. The first-order valence-corrected chi connectivity index (χ1v) is 6.20. The van der Waals surface area contributed by atoms with Crippen LogP contribution in [0.4, 0.5) is 21.5 Å². The maximum atomic E-state index is 13.0. The Morgan fingerprint density at radius 1 is 1.05 bits per heavy atom. The van der Waals surface area contributed by atoms with Gasteiger partial charge in [-0.15, -0.1) is 0 Å². The van der Waals surface area contributed by atoms with Crippen LogP contribution in [0.25, 0.3) is 0 Å². The molecule has 2 amide bonds. The second kappa shape index (κ2) is 6.04. The molecule has 0 saturated heterocycles. The standard InChI is InChI=1S/C15H14FN3O2/c1-9-5-6-13(12(17)7-9)19-15(21)14(20)18-11-4-2-3-10(16)8-11/h2-8H,17H2,1H3,(H,18,20)(H,19,21). The van der Waals surface area contributed by atoms with Crippen molar-refractivity contribution in [3.05, 3.63) is 53.8 Å². The second-order valence-electron chi connectivity index (χ2n) is 4.51. The van der Waals surface area contributed by atoms with Gasteiger partial charge in [-0.25, -0.2) is 4.39 Å². The minimum absolute atomic E-state index is 0.201. The molecule has 2 aromatic carbocycles. The highest BCUT2D eigenvalue weighted by atomic mass is 19.1. The lowest BCUT2D eigenvalue weighted by Gasteiger charge is -2.09. The van der Waals surface area contributed by atoms with Crippen molar-refractivity contribution in [2.45, 2.75) is 6.92 Å². The Morgan fingerprint density at radius 3 is 2.43 bits per heavy atom. The number of rotatable bonds is 2. The highest BCUT2D eigenvalue weighted by Crippen LogP contribution is 2.19. The molecule has 0 saturated carbocycles. The van der Waals surface area contributed by atoms with E-state index in [1.54, 1.807) is 18.2 Å². The molecule has 0 aliphatic rings. The summed E-state index contributed by atoms with van der Waals surface area (Å²) in [6.07, 6.45) is 0. The summed E-state index contributed by atoms with van der Waals surface area (Å²) in [7, 11) is 0. The molecule has 0 radical (unpaired) electrons. The van der Waals surface area contributed by atoms with Gasteiger partial charge >= 0.3 is 11.8 Å². The zero-order valence-corrected chi connectivity index (χ0v) is 11.3. The fraction of sp³-hybridized carbons (Fsp3) is 0.0667. The van der Waals surface area contributed by atoms with Crippen LogP contribution in [-0.2, 0) is 9.59 Å². The fourth-order valence-corrected chi connectivity index (χ4v) is 1.73. The number of hydrogen-bond donors (Lipinski definition) is 3. The molecule has 2 rings (SSSR count). The minimum Gasteiger partial charge on any atom is -0.397 e. The molecule has 0 heterocycles. The van der Waals surface area contributed by atoms with E-state index in [2.05, 4.69) is 10.6 Å². The van der Waals surface area contributed by atoms with Gasteiger partial charge in [0.1, 0.15) is 5.82 Å². The van der Waals surface area contributed by atoms with E-state index in [1.165, 1.54) is 18.2 Å². The van der Waals surface area contributed by atoms with Crippen molar-refractivity contribution in [2.75, 3.05) is 16.4 Å². The van der Waals surface area contributed by atoms with Crippen molar-refractivity contribution in [3.8, 4) is 0 Å². The molecule has 0 aliphatic heterocycles. The highest BCUT2D eigenvalue weighted by molar-refractivity contribution is 6.43. The van der Waals surface area contributed by atoms with Gasteiger partial charge in [-0.2, -0.15) is 0 Å². The van der Waals surface area contributed by atoms with Crippen molar-refractivity contribution in [3.63, 3.8) is 0 Å². The molecule has 108 valence electrons. The number of nitrogens with two attached hydrogens (primary N) is 1. The summed E-state index contributed by atoms with van der Waals surface area (Å²) in [5.41, 5.74) is 7.60. The number of nitrogens with one attached hydrogen (secondary N) is 2. The van der Waals surface area contributed by atoms with E-state index in [0.29, 0.717) is 11.4 Å². The number of amides is 2. The largest absolute Gasteiger partial charge is 0.397 e. The molecule has 6 heteroatoms. The van der Waals surface area contributed by atoms with Gasteiger partial charge in [-0.05, 0) is 42.8 Å². The summed E-state index contributed by atoms with van der Waals surface area (Å²) < 4.78 is 13.0. The Labute approximate surface area is 121 Å². The van der Waals surface area contributed by atoms with Crippen LogP contribution in [-0.4, -0.2) is 11.8 Å². The van der Waals surface area contributed by atoms with Gasteiger partial charge in [0.2, 0.25) is 0 Å². The topological polar surface area (TPSA) is 84.2 Å². The van der Waals surface area contributed by atoms with E-state index in [9.17, 15) is 14.0 Å². The number of carbonyl (C=O) groups is 2. The maximum absolute atomic E-state index is 13.0. The van der Waals surface area contributed by atoms with Crippen LogP contribution < -0.4 is 16.4 Å². The molecule has 4 N–H and O–H groups in total. The van der Waals surface area contributed by atoms with Gasteiger partial charge in [-0.3, -0.25) is 9.59 Å². The van der Waals surface area contributed by atoms with Crippen molar-refractivity contribution in [2.24, 2.45) is 0 Å². The molecule has 0 unspecified atom stereocenters. The highest BCUT2D eigenvalue weighted by Gasteiger charge is 2.15. The van der Waals surface area contributed by atoms with Gasteiger partial charge < -0.3 is 16.4 Å². The molecular weight excluding hydrogens is 273 g/mol. The SMILES string of the molecule is Cc1ccc(NC(=O)C(=O)Nc2cccc(F)c2)c(N)c1. The van der Waals surface area contributed by atoms with E-state index >= 15 is 0 Å². The predicted octanol–water partition coefficient (Wildman–Crippen LogP) is 2.29. The summed E-state index contributed by atoms with van der Waals surface area (Å²) in [6, 6.07) is 10.3. The smallest absolute Gasteiger partial charge is 0.314 e. The normalized spacial score (nSPS) is 10.0. The van der Waals surface area contributed by atoms with Gasteiger partial charge in [0, 0.05) is 5.69 Å². The van der Waals surface area contributed by atoms with Gasteiger partial charge in [0.05, 0.1) is 11.4 Å². The Kier molecular flexibility index (Phi) is 4.18. The number of halogens is 1. The molecule has 5 nitrogen and oxygen atoms in total. The lowest BCUT2D eigenvalue weighted by Crippen LogP contribution is -2.29. The average Bonchev–Trinajstić information content (AvgIpc) is 2.41. The van der Waals surface area contributed by atoms with Crippen LogP contribution in [0.15, 0.2) is 42.5 Å². The van der Waals surface area contributed by atoms with E-state index in [1.807, 2.05) is 6.92 Å². The Morgan fingerprint density at radius 2 is 1.76 bits per heavy atom. The lowest BCUT2D eigenvalue weighted by atomic mass is 10.2. The number of anilines is 3. The fourth-order valence-electron chi connectivity index (χ4n) is 1.73. The van der Waals surface area contributed by atoms with Crippen molar-refractivity contribution >= 4 is 28.9 Å². The number of nitrogen functional groups attached to an aromatic ring is 1. The Hall–Kier alpha value is -2.89. The van der Waals surface area contributed by atoms with E-state index < -0.39 is 17.6 Å². The predicted molar refractivity (Wildman–Crippen MR) is 79.3 cm³/mol. The van der Waals surface area contributed by atoms with Gasteiger partial charge in [0.25, 0.3) is 0 Å². The maximum Gasteiger partial charge on any atom is 0.314 e. The third-order valence-corrected chi connectivity index (χ3v) is 2.74. The van der Waals surface area contributed by atoms with Crippen molar-refractivity contribution < 1.29 is 14.0 Å². The van der Waals surface area contributed by atoms with Crippen LogP contribution in [0.1, 0.15) is 5.56 Å². The van der Waals surface area contributed by atoms with Crippen LogP contribution in [0.2, 0.25) is 0 Å². The first-order valence-electron chi connectivity index (χ1n) is 6.20. The molecule has 0 bridgehead atoms. The first kappa shape index (κ1) is 14.5. The monoisotopic (exact) mass is 287 g/mol. The zero-order chi connectivity index (χ0) is 15.4. The molecule has 0 fully saturated rings. The quantitative estimate of drug-likeness (QED) is 0.585. The third kappa shape index (κ3) is 3.79. The van der Waals surface area contributed by atoms with Crippen LogP contribution in [0, 0.1) is 12.7 Å². The molecule has 0 aromatic heterocycles. The van der Waals surface area contributed by atoms with Crippen LogP contribution >= 0.6 is 0 Å². The molecule has 2 aromatic rings.